The van der Waals surface area contributed by atoms with Gasteiger partial charge in [-0.25, -0.2) is 0 Å². The van der Waals surface area contributed by atoms with Crippen LogP contribution in [0.15, 0.2) is 35.4 Å². The van der Waals surface area contributed by atoms with Gasteiger partial charge in [-0.1, -0.05) is 12.1 Å². The molecular weight excluding hydrogens is 227 g/mol. The van der Waals surface area contributed by atoms with Crippen molar-refractivity contribution < 1.29 is 17.7 Å². The van der Waals surface area contributed by atoms with Crippen LogP contribution in [-0.4, -0.2) is 15.0 Å². The first-order valence-corrected chi connectivity index (χ1v) is 5.20. The molecule has 0 saturated carbocycles. The summed E-state index contributed by atoms with van der Waals surface area (Å²) in [5.41, 5.74) is -4.17. The minimum Gasteiger partial charge on any atom is -0.604 e. The molecule has 1 unspecified atom stereocenters. The summed E-state index contributed by atoms with van der Waals surface area (Å²) >= 11 is -2.98. The Hall–Kier alpha value is -1.14. The Bertz CT molecular complexity index is 479. The number of aromatic nitrogens is 1. The molecule has 0 saturated heterocycles. The third-order valence-electron chi connectivity index (χ3n) is 1.96. The summed E-state index contributed by atoms with van der Waals surface area (Å²) in [6, 6.07) is 6.43. The zero-order valence-electron chi connectivity index (χ0n) is 7.34. The number of nitrogens with one attached hydrogen (secondary N) is 1. The van der Waals surface area contributed by atoms with Gasteiger partial charge in [0.25, 0.3) is 0 Å². The molecule has 0 aliphatic heterocycles. The second kappa shape index (κ2) is 3.46. The number of H-pyrrole nitrogens is 1. The molecule has 0 amide bonds. The number of fused-ring (bicyclic) bond motifs is 1. The lowest BCUT2D eigenvalue weighted by Crippen LogP contribution is -2.22. The lowest BCUT2D eigenvalue weighted by Gasteiger charge is -2.10. The highest BCUT2D eigenvalue weighted by atomic mass is 32.2. The van der Waals surface area contributed by atoms with Crippen molar-refractivity contribution in [2.45, 2.75) is 10.4 Å². The van der Waals surface area contributed by atoms with E-state index in [1.807, 2.05) is 0 Å². The molecule has 0 spiro atoms. The first-order chi connectivity index (χ1) is 7.00. The van der Waals surface area contributed by atoms with Gasteiger partial charge in [0.2, 0.25) is 0 Å². The highest BCUT2D eigenvalue weighted by Gasteiger charge is 2.47. The summed E-state index contributed by atoms with van der Waals surface area (Å²) in [4.78, 5) is 2.42. The summed E-state index contributed by atoms with van der Waals surface area (Å²) < 4.78 is 47.8. The molecular formula is C9H6F3NOS. The van der Waals surface area contributed by atoms with Crippen molar-refractivity contribution in [2.75, 3.05) is 0 Å². The van der Waals surface area contributed by atoms with E-state index in [4.69, 9.17) is 0 Å². The van der Waals surface area contributed by atoms with Crippen molar-refractivity contribution >= 4 is 22.1 Å². The molecule has 0 bridgehead atoms. The van der Waals surface area contributed by atoms with Crippen LogP contribution in [0.4, 0.5) is 13.2 Å². The highest BCUT2D eigenvalue weighted by molar-refractivity contribution is 7.92. The minimum atomic E-state index is -4.72. The molecule has 1 aromatic carbocycles. The molecule has 1 heterocycles. The Labute approximate surface area is 86.3 Å². The zero-order chi connectivity index (χ0) is 11.1. The largest absolute Gasteiger partial charge is 0.604 e. The Morgan fingerprint density at radius 3 is 2.53 bits per heavy atom. The molecule has 1 atom stereocenters. The maximum Gasteiger partial charge on any atom is 0.578 e. The minimum absolute atomic E-state index is 0.224. The molecule has 1 N–H and O–H groups in total. The predicted octanol–water partition coefficient (Wildman–Crippen LogP) is 2.80. The number of halogens is 3. The first kappa shape index (κ1) is 10.4. The fourth-order valence-electron chi connectivity index (χ4n) is 1.32. The maximum absolute atomic E-state index is 12.2. The van der Waals surface area contributed by atoms with Crippen LogP contribution in [0.25, 0.3) is 10.9 Å². The highest BCUT2D eigenvalue weighted by Crippen LogP contribution is 2.33. The van der Waals surface area contributed by atoms with Crippen LogP contribution in [0.2, 0.25) is 0 Å². The molecule has 0 fully saturated rings. The van der Waals surface area contributed by atoms with E-state index in [1.165, 1.54) is 6.07 Å². The number of para-hydroxylation sites is 1. The molecule has 0 aliphatic carbocycles. The summed E-state index contributed by atoms with van der Waals surface area (Å²) in [6.45, 7) is 0. The van der Waals surface area contributed by atoms with Gasteiger partial charge in [0.1, 0.15) is 11.2 Å². The molecule has 2 aromatic rings. The van der Waals surface area contributed by atoms with Gasteiger partial charge in [0.15, 0.2) is 4.90 Å². The molecule has 80 valence electrons. The third kappa shape index (κ3) is 1.82. The fourth-order valence-corrected chi connectivity index (χ4v) is 2.12. The van der Waals surface area contributed by atoms with E-state index in [-0.39, 0.29) is 4.90 Å². The second-order valence-corrected chi connectivity index (χ2v) is 4.35. The van der Waals surface area contributed by atoms with Crippen LogP contribution in [0.3, 0.4) is 0 Å². The Morgan fingerprint density at radius 1 is 1.20 bits per heavy atom. The zero-order valence-corrected chi connectivity index (χ0v) is 8.15. The number of aromatic amines is 1. The Morgan fingerprint density at radius 2 is 1.87 bits per heavy atom. The Kier molecular flexibility index (Phi) is 2.40. The van der Waals surface area contributed by atoms with Gasteiger partial charge in [-0.3, -0.25) is 0 Å². The molecule has 1 aromatic heterocycles. The molecule has 0 aliphatic rings. The molecule has 6 heteroatoms. The van der Waals surface area contributed by atoms with Gasteiger partial charge in [0, 0.05) is 0 Å². The van der Waals surface area contributed by atoms with E-state index in [0.29, 0.717) is 10.9 Å². The van der Waals surface area contributed by atoms with Crippen LogP contribution >= 0.6 is 0 Å². The van der Waals surface area contributed by atoms with Crippen LogP contribution in [-0.2, 0) is 11.2 Å². The Balaban J connectivity index is 2.53. The van der Waals surface area contributed by atoms with Crippen molar-refractivity contribution in [2.24, 2.45) is 0 Å². The van der Waals surface area contributed by atoms with Gasteiger partial charge in [0.05, 0.1) is 17.1 Å². The van der Waals surface area contributed by atoms with E-state index >= 15 is 0 Å². The lowest BCUT2D eigenvalue weighted by atomic mass is 10.2. The molecule has 2 rings (SSSR count). The SMILES string of the molecule is [O-][S+](c1c[nH]c2ccccc12)C(F)(F)F. The summed E-state index contributed by atoms with van der Waals surface area (Å²) in [7, 11) is 0. The lowest BCUT2D eigenvalue weighted by molar-refractivity contribution is -0.0434. The first-order valence-electron chi connectivity index (χ1n) is 4.05. The standard InChI is InChI=1S/C9H6F3NOS/c10-9(11,12)15(14)8-5-13-7-4-2-1-3-6(7)8/h1-5,13H. The van der Waals surface area contributed by atoms with Crippen LogP contribution in [0, 0.1) is 0 Å². The summed E-state index contributed by atoms with van der Waals surface area (Å²) in [6.07, 6.45) is 1.13. The average molecular weight is 233 g/mol. The van der Waals surface area contributed by atoms with Gasteiger partial charge < -0.3 is 9.54 Å². The van der Waals surface area contributed by atoms with Gasteiger partial charge in [-0.05, 0) is 12.1 Å². The molecule has 0 radical (unpaired) electrons. The third-order valence-corrected chi connectivity index (χ3v) is 3.12. The van der Waals surface area contributed by atoms with E-state index in [1.54, 1.807) is 18.2 Å². The topological polar surface area (TPSA) is 38.8 Å². The normalized spacial score (nSPS) is 14.4. The fraction of sp³-hybridized carbons (Fsp3) is 0.111. The van der Waals surface area contributed by atoms with Gasteiger partial charge in [-0.2, -0.15) is 0 Å². The molecule has 15 heavy (non-hydrogen) atoms. The smallest absolute Gasteiger partial charge is 0.578 e. The predicted molar refractivity (Wildman–Crippen MR) is 50.8 cm³/mol. The van der Waals surface area contributed by atoms with Crippen LogP contribution in [0.5, 0.6) is 0 Å². The summed E-state index contributed by atoms with van der Waals surface area (Å²) in [5.74, 6) is 0. The number of rotatable bonds is 1. The monoisotopic (exact) mass is 233 g/mol. The number of alkyl halides is 3. The quantitative estimate of drug-likeness (QED) is 0.756. The maximum atomic E-state index is 12.2. The van der Waals surface area contributed by atoms with Crippen LogP contribution < -0.4 is 0 Å². The second-order valence-electron chi connectivity index (χ2n) is 2.91. The van der Waals surface area contributed by atoms with Crippen molar-refractivity contribution in [3.8, 4) is 0 Å². The van der Waals surface area contributed by atoms with Crippen molar-refractivity contribution in [3.05, 3.63) is 30.5 Å². The number of benzene rings is 1. The average Bonchev–Trinajstić information content (AvgIpc) is 2.58. The van der Waals surface area contributed by atoms with Gasteiger partial charge in [-0.15, -0.1) is 13.2 Å². The van der Waals surface area contributed by atoms with Crippen molar-refractivity contribution in [3.63, 3.8) is 0 Å². The summed E-state index contributed by atoms with van der Waals surface area (Å²) in [5, 5.41) is 0.341. The number of hydrogen-bond donors (Lipinski definition) is 1. The van der Waals surface area contributed by atoms with E-state index in [0.717, 1.165) is 6.20 Å². The van der Waals surface area contributed by atoms with Gasteiger partial charge >= 0.3 is 5.51 Å². The van der Waals surface area contributed by atoms with Crippen LogP contribution in [0.1, 0.15) is 0 Å². The number of hydrogen-bond acceptors (Lipinski definition) is 1. The van der Waals surface area contributed by atoms with E-state index in [9.17, 15) is 17.7 Å². The molecule has 2 nitrogen and oxygen atoms in total. The van der Waals surface area contributed by atoms with Crippen molar-refractivity contribution in [1.29, 1.82) is 0 Å². The van der Waals surface area contributed by atoms with E-state index in [2.05, 4.69) is 4.98 Å². The van der Waals surface area contributed by atoms with E-state index < -0.39 is 16.7 Å². The van der Waals surface area contributed by atoms with Crippen molar-refractivity contribution in [1.82, 2.24) is 4.98 Å².